The van der Waals surface area contributed by atoms with E-state index in [0.717, 1.165) is 32.4 Å². The number of hydrogen-bond donors (Lipinski definition) is 3. The van der Waals surface area contributed by atoms with Gasteiger partial charge < -0.3 is 20.8 Å². The van der Waals surface area contributed by atoms with E-state index < -0.39 is 11.9 Å². The predicted octanol–water partition coefficient (Wildman–Crippen LogP) is 0.694. The second-order valence-electron chi connectivity index (χ2n) is 4.95. The number of nitrogens with zero attached hydrogens (tertiary/aromatic N) is 1. The van der Waals surface area contributed by atoms with E-state index in [9.17, 15) is 14.4 Å². The fourth-order valence-corrected chi connectivity index (χ4v) is 1.79. The minimum atomic E-state index is -1.26. The van der Waals surface area contributed by atoms with Crippen molar-refractivity contribution in [3.8, 4) is 0 Å². The molecular weight excluding hydrogens is 276 g/mol. The molecule has 4 N–H and O–H groups in total. The van der Waals surface area contributed by atoms with Crippen LogP contribution in [0.3, 0.4) is 0 Å². The van der Waals surface area contributed by atoms with Crippen molar-refractivity contribution in [2.45, 2.75) is 39.2 Å². The molecule has 2 atom stereocenters. The topological polar surface area (TPSA) is 121 Å². The fraction of sp³-hybridized carbons (Fsp3) is 0.643. The summed E-state index contributed by atoms with van der Waals surface area (Å²) in [6.45, 7) is 5.92. The number of carbonyl (C=O) groups excluding carboxylic acids is 1. The first-order valence-electron chi connectivity index (χ1n) is 6.97. The second kappa shape index (κ2) is 9.93. The molecule has 1 aliphatic rings. The van der Waals surface area contributed by atoms with Crippen molar-refractivity contribution in [1.29, 1.82) is 0 Å². The summed E-state index contributed by atoms with van der Waals surface area (Å²) in [6, 6.07) is -0.289. The van der Waals surface area contributed by atoms with Gasteiger partial charge in [0.2, 0.25) is 5.91 Å². The number of carboxylic acid groups (broad SMARTS) is 2. The van der Waals surface area contributed by atoms with Crippen molar-refractivity contribution in [1.82, 2.24) is 4.90 Å². The number of carboxylic acids is 2. The molecule has 0 unspecified atom stereocenters. The molecule has 1 heterocycles. The molecule has 21 heavy (non-hydrogen) atoms. The molecule has 0 aromatic heterocycles. The summed E-state index contributed by atoms with van der Waals surface area (Å²) in [5.74, 6) is -2.07. The van der Waals surface area contributed by atoms with Crippen LogP contribution in [0.25, 0.3) is 0 Å². The van der Waals surface area contributed by atoms with Crippen molar-refractivity contribution in [2.24, 2.45) is 11.7 Å². The van der Waals surface area contributed by atoms with E-state index in [4.69, 9.17) is 15.9 Å². The van der Waals surface area contributed by atoms with Crippen LogP contribution in [0.5, 0.6) is 0 Å². The van der Waals surface area contributed by atoms with E-state index in [1.165, 1.54) is 0 Å². The molecule has 0 aliphatic carbocycles. The zero-order valence-corrected chi connectivity index (χ0v) is 12.5. The molecule has 0 radical (unpaired) electrons. The largest absolute Gasteiger partial charge is 0.478 e. The molecule has 0 spiro atoms. The monoisotopic (exact) mass is 300 g/mol. The third kappa shape index (κ3) is 8.09. The van der Waals surface area contributed by atoms with Crippen LogP contribution in [0.1, 0.15) is 33.1 Å². The van der Waals surface area contributed by atoms with Gasteiger partial charge in [-0.05, 0) is 18.8 Å². The zero-order valence-electron chi connectivity index (χ0n) is 12.5. The lowest BCUT2D eigenvalue weighted by atomic mass is 9.99. The molecule has 1 saturated heterocycles. The van der Waals surface area contributed by atoms with E-state index in [0.29, 0.717) is 18.1 Å². The average Bonchev–Trinajstić information content (AvgIpc) is 2.97. The summed E-state index contributed by atoms with van der Waals surface area (Å²) >= 11 is 0. The SMILES string of the molecule is CC[C@H](C)[C@H](N)C(=O)N1CCCC1.O=C(O)/C=C/C(=O)O. The smallest absolute Gasteiger partial charge is 0.328 e. The first-order chi connectivity index (χ1) is 9.79. The first kappa shape index (κ1) is 19.1. The number of nitrogens with two attached hydrogens (primary N) is 1. The predicted molar refractivity (Wildman–Crippen MR) is 77.7 cm³/mol. The van der Waals surface area contributed by atoms with Crippen LogP contribution in [0.15, 0.2) is 12.2 Å². The summed E-state index contributed by atoms with van der Waals surface area (Å²) in [4.78, 5) is 32.8. The third-order valence-corrected chi connectivity index (χ3v) is 3.33. The normalized spacial score (nSPS) is 17.0. The van der Waals surface area contributed by atoms with Crippen LogP contribution in [0, 0.1) is 5.92 Å². The van der Waals surface area contributed by atoms with Gasteiger partial charge in [-0.1, -0.05) is 20.3 Å². The van der Waals surface area contributed by atoms with Gasteiger partial charge in [0.25, 0.3) is 0 Å². The zero-order chi connectivity index (χ0) is 16.4. The highest BCUT2D eigenvalue weighted by atomic mass is 16.4. The number of amides is 1. The van der Waals surface area contributed by atoms with Gasteiger partial charge in [0, 0.05) is 25.2 Å². The van der Waals surface area contributed by atoms with E-state index in [-0.39, 0.29) is 11.9 Å². The molecule has 1 amide bonds. The second-order valence-corrected chi connectivity index (χ2v) is 4.95. The number of hydrogen-bond acceptors (Lipinski definition) is 4. The van der Waals surface area contributed by atoms with E-state index in [2.05, 4.69) is 6.92 Å². The number of rotatable bonds is 5. The van der Waals surface area contributed by atoms with Crippen LogP contribution in [-0.4, -0.2) is 52.1 Å². The molecule has 1 aliphatic heterocycles. The van der Waals surface area contributed by atoms with Crippen LogP contribution in [0.4, 0.5) is 0 Å². The summed E-state index contributed by atoms with van der Waals surface area (Å²) in [6.07, 6.45) is 4.36. The lowest BCUT2D eigenvalue weighted by Crippen LogP contribution is -2.45. The van der Waals surface area contributed by atoms with Crippen molar-refractivity contribution < 1.29 is 24.6 Å². The highest BCUT2D eigenvalue weighted by Crippen LogP contribution is 2.13. The maximum atomic E-state index is 11.7. The lowest BCUT2D eigenvalue weighted by molar-refractivity contribution is -0.134. The van der Waals surface area contributed by atoms with Crippen molar-refractivity contribution in [2.75, 3.05) is 13.1 Å². The Balaban J connectivity index is 0.000000433. The molecule has 120 valence electrons. The summed E-state index contributed by atoms with van der Waals surface area (Å²) in [5.41, 5.74) is 5.86. The lowest BCUT2D eigenvalue weighted by Gasteiger charge is -2.23. The minimum absolute atomic E-state index is 0.145. The number of aliphatic carboxylic acids is 2. The third-order valence-electron chi connectivity index (χ3n) is 3.33. The van der Waals surface area contributed by atoms with Gasteiger partial charge in [0.05, 0.1) is 6.04 Å². The van der Waals surface area contributed by atoms with Crippen LogP contribution in [0.2, 0.25) is 0 Å². The van der Waals surface area contributed by atoms with Gasteiger partial charge in [0.1, 0.15) is 0 Å². The fourth-order valence-electron chi connectivity index (χ4n) is 1.79. The van der Waals surface area contributed by atoms with Crippen LogP contribution in [-0.2, 0) is 14.4 Å². The summed E-state index contributed by atoms with van der Waals surface area (Å²) in [7, 11) is 0. The van der Waals surface area contributed by atoms with Crippen molar-refractivity contribution in [3.05, 3.63) is 12.2 Å². The van der Waals surface area contributed by atoms with Gasteiger partial charge >= 0.3 is 11.9 Å². The Kier molecular flexibility index (Phi) is 9.03. The van der Waals surface area contributed by atoms with E-state index in [1.54, 1.807) is 0 Å². The van der Waals surface area contributed by atoms with Gasteiger partial charge in [-0.25, -0.2) is 9.59 Å². The number of likely N-dealkylation sites (tertiary alicyclic amines) is 1. The molecule has 7 heteroatoms. The molecular formula is C14H24N2O5. The number of carbonyl (C=O) groups is 3. The Morgan fingerprint density at radius 1 is 1.14 bits per heavy atom. The highest BCUT2D eigenvalue weighted by molar-refractivity contribution is 5.89. The molecule has 0 aromatic rings. The molecule has 0 bridgehead atoms. The van der Waals surface area contributed by atoms with Gasteiger partial charge in [-0.2, -0.15) is 0 Å². The molecule has 1 fully saturated rings. The molecule has 0 aromatic carbocycles. The van der Waals surface area contributed by atoms with E-state index in [1.807, 2.05) is 11.8 Å². The minimum Gasteiger partial charge on any atom is -0.478 e. The van der Waals surface area contributed by atoms with Crippen LogP contribution < -0.4 is 5.73 Å². The van der Waals surface area contributed by atoms with Gasteiger partial charge in [-0.15, -0.1) is 0 Å². The Hall–Kier alpha value is -1.89. The summed E-state index contributed by atoms with van der Waals surface area (Å²) < 4.78 is 0. The molecule has 7 nitrogen and oxygen atoms in total. The molecule has 1 rings (SSSR count). The van der Waals surface area contributed by atoms with Crippen molar-refractivity contribution in [3.63, 3.8) is 0 Å². The average molecular weight is 300 g/mol. The van der Waals surface area contributed by atoms with E-state index >= 15 is 0 Å². The Bertz CT molecular complexity index is 373. The maximum Gasteiger partial charge on any atom is 0.328 e. The Morgan fingerprint density at radius 2 is 1.57 bits per heavy atom. The Labute approximate surface area is 124 Å². The molecule has 0 saturated carbocycles. The van der Waals surface area contributed by atoms with Gasteiger partial charge in [-0.3, -0.25) is 4.79 Å². The van der Waals surface area contributed by atoms with Gasteiger partial charge in [0.15, 0.2) is 0 Å². The Morgan fingerprint density at radius 3 is 1.90 bits per heavy atom. The highest BCUT2D eigenvalue weighted by Gasteiger charge is 2.26. The summed E-state index contributed by atoms with van der Waals surface area (Å²) in [5, 5.41) is 15.6. The maximum absolute atomic E-state index is 11.7. The standard InChI is InChI=1S/C10H20N2O.C4H4O4/c1-3-8(2)9(11)10(13)12-6-4-5-7-12;5-3(6)1-2-4(7)8/h8-9H,3-7,11H2,1-2H3;1-2H,(H,5,6)(H,7,8)/b;2-1+/t8-,9-;/m0./s1. The quantitative estimate of drug-likeness (QED) is 0.642. The first-order valence-corrected chi connectivity index (χ1v) is 6.97. The van der Waals surface area contributed by atoms with Crippen molar-refractivity contribution >= 4 is 17.8 Å². The van der Waals surface area contributed by atoms with Crippen LogP contribution >= 0.6 is 0 Å².